The zero-order chi connectivity index (χ0) is 14.0. The first kappa shape index (κ1) is 14.3. The Kier molecular flexibility index (Phi) is 4.47. The van der Waals surface area contributed by atoms with Gasteiger partial charge in [-0.05, 0) is 38.0 Å². The molecule has 5 nitrogen and oxygen atoms in total. The minimum atomic E-state index is 0.271. The van der Waals surface area contributed by atoms with Crippen LogP contribution in [0.15, 0.2) is 0 Å². The van der Waals surface area contributed by atoms with Crippen LogP contribution in [0.1, 0.15) is 26.0 Å². The molecule has 0 radical (unpaired) electrons. The van der Waals surface area contributed by atoms with Gasteiger partial charge in [0.1, 0.15) is 0 Å². The highest BCUT2D eigenvalue weighted by molar-refractivity contribution is 6.28. The van der Waals surface area contributed by atoms with Crippen LogP contribution in [0.4, 0.5) is 11.5 Å². The predicted octanol–water partition coefficient (Wildman–Crippen LogP) is 1.94. The average Bonchev–Trinajstić information content (AvgIpc) is 2.85. The Bertz CT molecular complexity index is 447. The third kappa shape index (κ3) is 2.92. The number of nitrogens with zero attached hydrogens (tertiary/aromatic N) is 4. The van der Waals surface area contributed by atoms with E-state index in [9.17, 15) is 0 Å². The third-order valence-electron chi connectivity index (χ3n) is 3.88. The number of hydrogen-bond acceptors (Lipinski definition) is 5. The van der Waals surface area contributed by atoms with E-state index in [1.54, 1.807) is 0 Å². The Labute approximate surface area is 119 Å². The molecule has 2 rings (SSSR count). The van der Waals surface area contributed by atoms with Crippen LogP contribution in [-0.2, 0) is 0 Å². The van der Waals surface area contributed by atoms with Crippen LogP contribution in [0.5, 0.6) is 0 Å². The van der Waals surface area contributed by atoms with Crippen LogP contribution in [0.3, 0.4) is 0 Å². The maximum absolute atomic E-state index is 6.08. The van der Waals surface area contributed by atoms with E-state index in [-0.39, 0.29) is 5.28 Å². The lowest BCUT2D eigenvalue weighted by Crippen LogP contribution is -2.37. The Morgan fingerprint density at radius 1 is 1.37 bits per heavy atom. The summed E-state index contributed by atoms with van der Waals surface area (Å²) in [6, 6.07) is 0.573. The fourth-order valence-electron chi connectivity index (χ4n) is 2.75. The average molecular weight is 284 g/mol. The monoisotopic (exact) mass is 283 g/mol. The first-order valence-electron chi connectivity index (χ1n) is 6.85. The van der Waals surface area contributed by atoms with Crippen LogP contribution in [-0.4, -0.2) is 47.1 Å². The molecule has 2 heterocycles. The van der Waals surface area contributed by atoms with Gasteiger partial charge in [-0.25, -0.2) is 4.98 Å². The summed E-state index contributed by atoms with van der Waals surface area (Å²) in [7, 11) is 0. The van der Waals surface area contributed by atoms with E-state index in [4.69, 9.17) is 17.3 Å². The van der Waals surface area contributed by atoms with Crippen molar-refractivity contribution in [3.05, 3.63) is 11.0 Å². The molecule has 1 fully saturated rings. The van der Waals surface area contributed by atoms with Crippen LogP contribution >= 0.6 is 11.6 Å². The molecule has 0 spiro atoms. The smallest absolute Gasteiger partial charge is 0.224 e. The molecule has 1 atom stereocenters. The second kappa shape index (κ2) is 5.92. The largest absolute Gasteiger partial charge is 0.394 e. The Morgan fingerprint density at radius 3 is 2.68 bits per heavy atom. The maximum atomic E-state index is 6.08. The van der Waals surface area contributed by atoms with Gasteiger partial charge in [-0.2, -0.15) is 4.98 Å². The second-order valence-electron chi connectivity index (χ2n) is 4.93. The van der Waals surface area contributed by atoms with Gasteiger partial charge >= 0.3 is 0 Å². The summed E-state index contributed by atoms with van der Waals surface area (Å²) in [6.07, 6.45) is 1.14. The van der Waals surface area contributed by atoms with E-state index < -0.39 is 0 Å². The van der Waals surface area contributed by atoms with Crippen molar-refractivity contribution in [1.82, 2.24) is 14.9 Å². The molecule has 0 aromatic carbocycles. The first-order valence-corrected chi connectivity index (χ1v) is 7.23. The molecule has 1 saturated heterocycles. The molecule has 2 N–H and O–H groups in total. The molecule has 106 valence electrons. The molecular formula is C13H22ClN5. The standard InChI is InChI=1S/C13H22ClN5/c1-4-18(5-2)10-6-7-19(8-10)12-11(15)9(3)16-13(14)17-12/h10H,4-8,15H2,1-3H3. The van der Waals surface area contributed by atoms with Crippen molar-refractivity contribution in [2.45, 2.75) is 33.2 Å². The van der Waals surface area contributed by atoms with Gasteiger partial charge in [0.25, 0.3) is 0 Å². The van der Waals surface area contributed by atoms with Crippen LogP contribution < -0.4 is 10.6 Å². The molecule has 1 aromatic rings. The Morgan fingerprint density at radius 2 is 2.05 bits per heavy atom. The van der Waals surface area contributed by atoms with Gasteiger partial charge < -0.3 is 10.6 Å². The van der Waals surface area contributed by atoms with E-state index in [2.05, 4.69) is 33.6 Å². The molecule has 1 aliphatic rings. The molecule has 0 aliphatic carbocycles. The Balaban J connectivity index is 2.17. The highest BCUT2D eigenvalue weighted by atomic mass is 35.5. The minimum Gasteiger partial charge on any atom is -0.394 e. The number of likely N-dealkylation sites (N-methyl/N-ethyl adjacent to an activating group) is 1. The zero-order valence-corrected chi connectivity index (χ0v) is 12.6. The number of rotatable bonds is 4. The summed E-state index contributed by atoms with van der Waals surface area (Å²) in [5, 5.41) is 0.271. The van der Waals surface area contributed by atoms with Gasteiger partial charge in [0.15, 0.2) is 5.82 Å². The summed E-state index contributed by atoms with van der Waals surface area (Å²) in [6.45, 7) is 10.3. The normalized spacial score (nSPS) is 19.4. The van der Waals surface area contributed by atoms with E-state index in [1.165, 1.54) is 0 Å². The highest BCUT2D eigenvalue weighted by Gasteiger charge is 2.28. The SMILES string of the molecule is CCN(CC)C1CCN(c2nc(Cl)nc(C)c2N)C1. The van der Waals surface area contributed by atoms with Crippen molar-refractivity contribution in [1.29, 1.82) is 0 Å². The van der Waals surface area contributed by atoms with Crippen molar-refractivity contribution >= 4 is 23.1 Å². The quantitative estimate of drug-likeness (QED) is 0.856. The number of aryl methyl sites for hydroxylation is 1. The number of nitrogens with two attached hydrogens (primary N) is 1. The summed E-state index contributed by atoms with van der Waals surface area (Å²) in [5.74, 6) is 0.784. The molecule has 0 amide bonds. The molecule has 1 unspecified atom stereocenters. The maximum Gasteiger partial charge on any atom is 0.224 e. The summed E-state index contributed by atoms with van der Waals surface area (Å²) >= 11 is 5.94. The second-order valence-corrected chi connectivity index (χ2v) is 5.26. The number of nitrogen functional groups attached to an aromatic ring is 1. The molecule has 0 saturated carbocycles. The van der Waals surface area contributed by atoms with Gasteiger partial charge in [0, 0.05) is 19.1 Å². The zero-order valence-electron chi connectivity index (χ0n) is 11.9. The van der Waals surface area contributed by atoms with Crippen LogP contribution in [0, 0.1) is 6.92 Å². The lowest BCUT2D eigenvalue weighted by atomic mass is 10.2. The van der Waals surface area contributed by atoms with E-state index in [0.717, 1.165) is 44.1 Å². The molecule has 1 aromatic heterocycles. The van der Waals surface area contributed by atoms with Gasteiger partial charge in [-0.3, -0.25) is 4.90 Å². The minimum absolute atomic E-state index is 0.271. The number of halogens is 1. The summed E-state index contributed by atoms with van der Waals surface area (Å²) < 4.78 is 0. The molecule has 19 heavy (non-hydrogen) atoms. The van der Waals surface area contributed by atoms with E-state index in [1.807, 2.05) is 6.92 Å². The fraction of sp³-hybridized carbons (Fsp3) is 0.692. The van der Waals surface area contributed by atoms with Gasteiger partial charge in [-0.1, -0.05) is 13.8 Å². The molecular weight excluding hydrogens is 262 g/mol. The van der Waals surface area contributed by atoms with Gasteiger partial charge in [-0.15, -0.1) is 0 Å². The lowest BCUT2D eigenvalue weighted by Gasteiger charge is -2.26. The number of aromatic nitrogens is 2. The van der Waals surface area contributed by atoms with E-state index in [0.29, 0.717) is 11.7 Å². The highest BCUT2D eigenvalue weighted by Crippen LogP contribution is 2.28. The van der Waals surface area contributed by atoms with Crippen LogP contribution in [0.2, 0.25) is 5.28 Å². The topological polar surface area (TPSA) is 58.3 Å². The van der Waals surface area contributed by atoms with Crippen LogP contribution in [0.25, 0.3) is 0 Å². The van der Waals surface area contributed by atoms with Crippen molar-refractivity contribution < 1.29 is 0 Å². The molecule has 6 heteroatoms. The van der Waals surface area contributed by atoms with Crippen molar-refractivity contribution in [3.8, 4) is 0 Å². The van der Waals surface area contributed by atoms with Gasteiger partial charge in [0.05, 0.1) is 11.4 Å². The molecule has 1 aliphatic heterocycles. The summed E-state index contributed by atoms with van der Waals surface area (Å²) in [4.78, 5) is 13.1. The number of hydrogen-bond donors (Lipinski definition) is 1. The Hall–Kier alpha value is -1.07. The van der Waals surface area contributed by atoms with Crippen molar-refractivity contribution in [2.24, 2.45) is 0 Å². The van der Waals surface area contributed by atoms with Crippen molar-refractivity contribution in [2.75, 3.05) is 36.8 Å². The molecule has 0 bridgehead atoms. The number of anilines is 2. The fourth-order valence-corrected chi connectivity index (χ4v) is 2.95. The van der Waals surface area contributed by atoms with Crippen molar-refractivity contribution in [3.63, 3.8) is 0 Å². The third-order valence-corrected chi connectivity index (χ3v) is 4.05. The first-order chi connectivity index (χ1) is 9.06. The predicted molar refractivity (Wildman–Crippen MR) is 79.7 cm³/mol. The van der Waals surface area contributed by atoms with Gasteiger partial charge in [0.2, 0.25) is 5.28 Å². The summed E-state index contributed by atoms with van der Waals surface area (Å²) in [5.41, 5.74) is 7.47. The lowest BCUT2D eigenvalue weighted by molar-refractivity contribution is 0.232. The van der Waals surface area contributed by atoms with E-state index >= 15 is 0 Å².